The molecule has 0 amide bonds. The van der Waals surface area contributed by atoms with Crippen molar-refractivity contribution in [1.82, 2.24) is 9.97 Å². The summed E-state index contributed by atoms with van der Waals surface area (Å²) in [4.78, 5) is 7.64. The van der Waals surface area contributed by atoms with E-state index < -0.39 is 11.7 Å². The van der Waals surface area contributed by atoms with Crippen molar-refractivity contribution in [3.63, 3.8) is 0 Å². The van der Waals surface area contributed by atoms with E-state index in [0.717, 1.165) is 23.7 Å². The molecule has 0 saturated heterocycles. The van der Waals surface area contributed by atoms with Crippen LogP contribution in [0.2, 0.25) is 0 Å². The lowest BCUT2D eigenvalue weighted by atomic mass is 10.1. The summed E-state index contributed by atoms with van der Waals surface area (Å²) in [7, 11) is 0. The molecule has 3 aromatic rings. The average Bonchev–Trinajstić information content (AvgIpc) is 2.66. The minimum atomic E-state index is -4.58. The number of alkyl halides is 3. The van der Waals surface area contributed by atoms with Crippen LogP contribution in [0.5, 0.6) is 6.01 Å². The van der Waals surface area contributed by atoms with E-state index in [1.54, 1.807) is 18.2 Å². The topological polar surface area (TPSA) is 47.0 Å². The fraction of sp³-hybridized carbons (Fsp3) is 0.200. The van der Waals surface area contributed by atoms with Crippen molar-refractivity contribution in [2.24, 2.45) is 0 Å². The Kier molecular flexibility index (Phi) is 5.59. The summed E-state index contributed by atoms with van der Waals surface area (Å²) in [6, 6.07) is 16.3. The predicted octanol–water partition coefficient (Wildman–Crippen LogP) is 5.38. The lowest BCUT2D eigenvalue weighted by molar-refractivity contribution is -0.137. The molecule has 0 unspecified atom stereocenters. The molecule has 0 aliphatic carbocycles. The van der Waals surface area contributed by atoms with Crippen LogP contribution in [0.1, 0.15) is 23.6 Å². The third-order valence-electron chi connectivity index (χ3n) is 3.88. The number of nitrogens with one attached hydrogen (secondary N) is 1. The molecule has 0 radical (unpaired) electrons. The predicted molar refractivity (Wildman–Crippen MR) is 96.9 cm³/mol. The molecule has 0 spiro atoms. The van der Waals surface area contributed by atoms with Crippen molar-refractivity contribution < 1.29 is 17.9 Å². The average molecular weight is 373 g/mol. The molecular weight excluding hydrogens is 355 g/mol. The third kappa shape index (κ3) is 4.97. The Hall–Kier alpha value is -3.09. The first-order valence-corrected chi connectivity index (χ1v) is 8.42. The van der Waals surface area contributed by atoms with Crippen LogP contribution in [0.4, 0.5) is 24.7 Å². The summed E-state index contributed by atoms with van der Waals surface area (Å²) in [6.45, 7) is 2.14. The molecule has 0 aliphatic rings. The van der Waals surface area contributed by atoms with Crippen LogP contribution in [-0.4, -0.2) is 9.97 Å². The molecule has 7 heteroatoms. The van der Waals surface area contributed by atoms with Crippen LogP contribution >= 0.6 is 0 Å². The first-order chi connectivity index (χ1) is 13.0. The zero-order valence-electron chi connectivity index (χ0n) is 14.6. The van der Waals surface area contributed by atoms with Crippen LogP contribution in [0.25, 0.3) is 0 Å². The van der Waals surface area contributed by atoms with Crippen LogP contribution in [0.15, 0.2) is 60.8 Å². The first-order valence-electron chi connectivity index (χ1n) is 8.42. The second kappa shape index (κ2) is 8.07. The first kappa shape index (κ1) is 18.7. The van der Waals surface area contributed by atoms with E-state index in [1.807, 2.05) is 43.3 Å². The van der Waals surface area contributed by atoms with Crippen LogP contribution in [0.3, 0.4) is 0 Å². The third-order valence-corrected chi connectivity index (χ3v) is 3.88. The SMILES string of the molecule is CCc1cccc(Nc2nc(OCc3ccccc3)ncc2C(F)(F)F)c1. The van der Waals surface area contributed by atoms with Gasteiger partial charge >= 0.3 is 12.2 Å². The largest absolute Gasteiger partial charge is 0.459 e. The molecule has 0 fully saturated rings. The number of anilines is 2. The van der Waals surface area contributed by atoms with Crippen LogP contribution < -0.4 is 10.1 Å². The number of hydrogen-bond donors (Lipinski definition) is 1. The molecule has 140 valence electrons. The van der Waals surface area contributed by atoms with Gasteiger partial charge < -0.3 is 10.1 Å². The number of benzene rings is 2. The van der Waals surface area contributed by atoms with Gasteiger partial charge in [-0.2, -0.15) is 18.2 Å². The lowest BCUT2D eigenvalue weighted by Gasteiger charge is -2.15. The Morgan fingerprint density at radius 3 is 2.44 bits per heavy atom. The zero-order valence-corrected chi connectivity index (χ0v) is 14.6. The fourth-order valence-corrected chi connectivity index (χ4v) is 2.47. The van der Waals surface area contributed by atoms with Gasteiger partial charge in [0.2, 0.25) is 0 Å². The van der Waals surface area contributed by atoms with E-state index in [4.69, 9.17) is 4.74 Å². The Bertz CT molecular complexity index is 898. The van der Waals surface area contributed by atoms with Gasteiger partial charge in [-0.1, -0.05) is 49.4 Å². The number of hydrogen-bond acceptors (Lipinski definition) is 4. The molecule has 0 aliphatic heterocycles. The number of halogens is 3. The molecule has 0 bridgehead atoms. The number of rotatable bonds is 6. The van der Waals surface area contributed by atoms with Crippen LogP contribution in [0, 0.1) is 0 Å². The van der Waals surface area contributed by atoms with Crippen molar-refractivity contribution in [3.05, 3.63) is 77.5 Å². The molecule has 1 aromatic heterocycles. The summed E-state index contributed by atoms with van der Waals surface area (Å²) in [6.07, 6.45) is -3.07. The van der Waals surface area contributed by atoms with Crippen molar-refractivity contribution in [3.8, 4) is 6.01 Å². The molecular formula is C20H18F3N3O. The van der Waals surface area contributed by atoms with E-state index in [2.05, 4.69) is 15.3 Å². The minimum absolute atomic E-state index is 0.124. The van der Waals surface area contributed by atoms with Crippen molar-refractivity contribution in [2.45, 2.75) is 26.1 Å². The van der Waals surface area contributed by atoms with Gasteiger partial charge in [0.25, 0.3) is 0 Å². The van der Waals surface area contributed by atoms with Gasteiger partial charge in [-0.3, -0.25) is 0 Å². The van der Waals surface area contributed by atoms with E-state index in [1.165, 1.54) is 0 Å². The molecule has 2 aromatic carbocycles. The van der Waals surface area contributed by atoms with Gasteiger partial charge in [-0.15, -0.1) is 0 Å². The Labute approximate surface area is 155 Å². The van der Waals surface area contributed by atoms with Gasteiger partial charge in [0, 0.05) is 11.9 Å². The van der Waals surface area contributed by atoms with E-state index in [0.29, 0.717) is 5.69 Å². The van der Waals surface area contributed by atoms with E-state index >= 15 is 0 Å². The van der Waals surface area contributed by atoms with Crippen molar-refractivity contribution >= 4 is 11.5 Å². The molecule has 1 N–H and O–H groups in total. The van der Waals surface area contributed by atoms with Gasteiger partial charge in [0.15, 0.2) is 0 Å². The summed E-state index contributed by atoms with van der Waals surface area (Å²) in [5.41, 5.74) is 1.44. The van der Waals surface area contributed by atoms with Gasteiger partial charge in [0.1, 0.15) is 18.0 Å². The van der Waals surface area contributed by atoms with Crippen molar-refractivity contribution in [2.75, 3.05) is 5.32 Å². The summed E-state index contributed by atoms with van der Waals surface area (Å²) < 4.78 is 45.4. The fourth-order valence-electron chi connectivity index (χ4n) is 2.47. The molecule has 0 atom stereocenters. The zero-order chi connectivity index (χ0) is 19.3. The number of aryl methyl sites for hydroxylation is 1. The highest BCUT2D eigenvalue weighted by Gasteiger charge is 2.35. The summed E-state index contributed by atoms with van der Waals surface area (Å²) >= 11 is 0. The van der Waals surface area contributed by atoms with Gasteiger partial charge in [0.05, 0.1) is 0 Å². The molecule has 4 nitrogen and oxygen atoms in total. The van der Waals surface area contributed by atoms with Crippen molar-refractivity contribution in [1.29, 1.82) is 0 Å². The van der Waals surface area contributed by atoms with Crippen LogP contribution in [-0.2, 0) is 19.2 Å². The molecule has 3 rings (SSSR count). The maximum Gasteiger partial charge on any atom is 0.421 e. The highest BCUT2D eigenvalue weighted by atomic mass is 19.4. The summed E-state index contributed by atoms with van der Waals surface area (Å²) in [5.74, 6) is -0.339. The lowest BCUT2D eigenvalue weighted by Crippen LogP contribution is -2.12. The Balaban J connectivity index is 1.86. The maximum atomic E-state index is 13.3. The molecule has 27 heavy (non-hydrogen) atoms. The highest BCUT2D eigenvalue weighted by molar-refractivity contribution is 5.60. The Morgan fingerprint density at radius 2 is 1.74 bits per heavy atom. The molecule has 0 saturated carbocycles. The summed E-state index contributed by atoms with van der Waals surface area (Å²) in [5, 5.41) is 2.74. The normalized spacial score (nSPS) is 11.3. The van der Waals surface area contributed by atoms with E-state index in [9.17, 15) is 13.2 Å². The minimum Gasteiger partial charge on any atom is -0.459 e. The van der Waals surface area contributed by atoms with Gasteiger partial charge in [-0.05, 0) is 29.7 Å². The standard InChI is InChI=1S/C20H18F3N3O/c1-2-14-9-6-10-16(11-14)25-18-17(20(21,22)23)12-24-19(26-18)27-13-15-7-4-3-5-8-15/h3-12H,2,13H2,1H3,(H,24,25,26). The maximum absolute atomic E-state index is 13.3. The molecule has 1 heterocycles. The highest BCUT2D eigenvalue weighted by Crippen LogP contribution is 2.35. The number of nitrogens with zero attached hydrogens (tertiary/aromatic N) is 2. The smallest absolute Gasteiger partial charge is 0.421 e. The Morgan fingerprint density at radius 1 is 1.00 bits per heavy atom. The number of aromatic nitrogens is 2. The monoisotopic (exact) mass is 373 g/mol. The second-order valence-corrected chi connectivity index (χ2v) is 5.87. The second-order valence-electron chi connectivity index (χ2n) is 5.87. The quantitative estimate of drug-likeness (QED) is 0.630. The number of ether oxygens (including phenoxy) is 1. The van der Waals surface area contributed by atoms with Gasteiger partial charge in [-0.25, -0.2) is 4.98 Å². The van der Waals surface area contributed by atoms with E-state index in [-0.39, 0.29) is 18.4 Å².